The first-order valence-electron chi connectivity index (χ1n) is 10.1. The maximum Gasteiger partial charge on any atom is 0.407 e. The van der Waals surface area contributed by atoms with Gasteiger partial charge in [0, 0.05) is 13.1 Å². The van der Waals surface area contributed by atoms with Crippen LogP contribution < -0.4 is 16.4 Å². The van der Waals surface area contributed by atoms with E-state index in [-0.39, 0.29) is 12.5 Å². The number of nitrogens with two attached hydrogens (primary N) is 1. The molecule has 0 aliphatic rings. The lowest BCUT2D eigenvalue weighted by molar-refractivity contribution is -0.122. The molecule has 148 valence electrons. The summed E-state index contributed by atoms with van der Waals surface area (Å²) < 4.78 is 5.12. The van der Waals surface area contributed by atoms with Crippen molar-refractivity contribution in [3.8, 4) is 0 Å². The van der Waals surface area contributed by atoms with Gasteiger partial charge in [-0.25, -0.2) is 4.79 Å². The van der Waals surface area contributed by atoms with Gasteiger partial charge in [-0.3, -0.25) is 4.79 Å². The van der Waals surface area contributed by atoms with Crippen LogP contribution in [-0.2, 0) is 9.53 Å². The van der Waals surface area contributed by atoms with Crippen LogP contribution in [0, 0.1) is 0 Å². The number of unbranched alkanes of at least 4 members (excludes halogenated alkanes) is 9. The number of hydrogen-bond acceptors (Lipinski definition) is 4. The van der Waals surface area contributed by atoms with Gasteiger partial charge < -0.3 is 21.1 Å². The summed E-state index contributed by atoms with van der Waals surface area (Å²) in [5.74, 6) is -0.244. The van der Waals surface area contributed by atoms with E-state index in [1.165, 1.54) is 38.5 Å². The van der Waals surface area contributed by atoms with Crippen LogP contribution in [-0.4, -0.2) is 37.7 Å². The van der Waals surface area contributed by atoms with Gasteiger partial charge in [0.1, 0.15) is 6.04 Å². The van der Waals surface area contributed by atoms with E-state index in [2.05, 4.69) is 24.5 Å². The van der Waals surface area contributed by atoms with Gasteiger partial charge in [-0.15, -0.1) is 0 Å². The van der Waals surface area contributed by atoms with E-state index < -0.39 is 12.1 Å². The van der Waals surface area contributed by atoms with Crippen LogP contribution in [0.2, 0.25) is 0 Å². The molecule has 0 aromatic heterocycles. The highest BCUT2D eigenvalue weighted by Gasteiger charge is 2.19. The van der Waals surface area contributed by atoms with Crippen molar-refractivity contribution in [2.75, 3.05) is 19.7 Å². The van der Waals surface area contributed by atoms with Crippen molar-refractivity contribution in [1.29, 1.82) is 0 Å². The van der Waals surface area contributed by atoms with Crippen molar-refractivity contribution in [3.05, 3.63) is 0 Å². The SMILES string of the molecule is CCCCCCCCCOC(=O)NC(CN)C(=O)NCCCCCC. The van der Waals surface area contributed by atoms with Crippen LogP contribution in [0.1, 0.15) is 84.5 Å². The summed E-state index contributed by atoms with van der Waals surface area (Å²) in [7, 11) is 0. The molecule has 0 aromatic carbocycles. The molecule has 25 heavy (non-hydrogen) atoms. The van der Waals surface area contributed by atoms with Gasteiger partial charge >= 0.3 is 6.09 Å². The Morgan fingerprint density at radius 2 is 1.44 bits per heavy atom. The van der Waals surface area contributed by atoms with Gasteiger partial charge in [0.25, 0.3) is 0 Å². The molecule has 2 amide bonds. The van der Waals surface area contributed by atoms with Gasteiger partial charge in [-0.1, -0.05) is 71.6 Å². The summed E-state index contributed by atoms with van der Waals surface area (Å²) in [6, 6.07) is -0.729. The number of carbonyl (C=O) groups excluding carboxylic acids is 2. The molecule has 0 heterocycles. The average molecular weight is 358 g/mol. The molecule has 6 nitrogen and oxygen atoms in total. The Balaban J connectivity index is 3.72. The summed E-state index contributed by atoms with van der Waals surface area (Å²) in [5, 5.41) is 5.35. The third-order valence-corrected chi connectivity index (χ3v) is 4.15. The minimum Gasteiger partial charge on any atom is -0.450 e. The number of nitrogens with one attached hydrogen (secondary N) is 2. The summed E-state index contributed by atoms with van der Waals surface area (Å²) in [5.41, 5.74) is 5.58. The Kier molecular flexibility index (Phi) is 16.6. The zero-order chi connectivity index (χ0) is 18.8. The van der Waals surface area contributed by atoms with Crippen molar-refractivity contribution < 1.29 is 14.3 Å². The van der Waals surface area contributed by atoms with Gasteiger partial charge in [-0.2, -0.15) is 0 Å². The van der Waals surface area contributed by atoms with E-state index >= 15 is 0 Å². The van der Waals surface area contributed by atoms with E-state index in [0.717, 1.165) is 32.1 Å². The van der Waals surface area contributed by atoms with Gasteiger partial charge in [0.15, 0.2) is 0 Å². The first-order chi connectivity index (χ1) is 12.2. The maximum atomic E-state index is 12.0. The Morgan fingerprint density at radius 1 is 0.880 bits per heavy atom. The molecular weight excluding hydrogens is 318 g/mol. The molecule has 0 rings (SSSR count). The second-order valence-electron chi connectivity index (χ2n) is 6.54. The van der Waals surface area contributed by atoms with Crippen molar-refractivity contribution in [1.82, 2.24) is 10.6 Å². The summed E-state index contributed by atoms with van der Waals surface area (Å²) in [6.45, 7) is 5.41. The van der Waals surface area contributed by atoms with E-state index in [4.69, 9.17) is 10.5 Å². The molecule has 0 aromatic rings. The van der Waals surface area contributed by atoms with Crippen molar-refractivity contribution in [3.63, 3.8) is 0 Å². The zero-order valence-corrected chi connectivity index (χ0v) is 16.3. The molecule has 0 saturated carbocycles. The number of carbonyl (C=O) groups is 2. The second kappa shape index (κ2) is 17.5. The monoisotopic (exact) mass is 357 g/mol. The fourth-order valence-corrected chi connectivity index (χ4v) is 2.53. The summed E-state index contributed by atoms with van der Waals surface area (Å²) in [6.07, 6.45) is 12.0. The number of alkyl carbamates (subject to hydrolysis) is 1. The highest BCUT2D eigenvalue weighted by molar-refractivity contribution is 5.85. The highest BCUT2D eigenvalue weighted by atomic mass is 16.5. The Labute approximate surface area is 153 Å². The molecule has 0 spiro atoms. The quantitative estimate of drug-likeness (QED) is 0.369. The van der Waals surface area contributed by atoms with Crippen molar-refractivity contribution in [2.24, 2.45) is 5.73 Å². The normalized spacial score (nSPS) is 11.8. The third-order valence-electron chi connectivity index (χ3n) is 4.15. The minimum atomic E-state index is -0.729. The first-order valence-corrected chi connectivity index (χ1v) is 10.1. The fraction of sp³-hybridized carbons (Fsp3) is 0.895. The molecule has 0 bridgehead atoms. The predicted octanol–water partition coefficient (Wildman–Crippen LogP) is 3.49. The average Bonchev–Trinajstić information content (AvgIpc) is 2.61. The molecular formula is C19H39N3O3. The molecule has 1 unspecified atom stereocenters. The van der Waals surface area contributed by atoms with Crippen LogP contribution >= 0.6 is 0 Å². The number of amides is 2. The van der Waals surface area contributed by atoms with Gasteiger partial charge in [0.05, 0.1) is 6.61 Å². The molecule has 0 aliphatic carbocycles. The Hall–Kier alpha value is -1.30. The van der Waals surface area contributed by atoms with Crippen LogP contribution in [0.15, 0.2) is 0 Å². The molecule has 0 aliphatic heterocycles. The lowest BCUT2D eigenvalue weighted by Crippen LogP contribution is -2.51. The Bertz CT molecular complexity index is 338. The van der Waals surface area contributed by atoms with Crippen LogP contribution in [0.3, 0.4) is 0 Å². The second-order valence-corrected chi connectivity index (χ2v) is 6.54. The fourth-order valence-electron chi connectivity index (χ4n) is 2.53. The summed E-state index contributed by atoms with van der Waals surface area (Å²) >= 11 is 0. The lowest BCUT2D eigenvalue weighted by Gasteiger charge is -2.16. The standard InChI is InChI=1S/C19H39N3O3/c1-3-5-7-9-10-11-13-15-25-19(24)22-17(16-20)18(23)21-14-12-8-6-4-2/h17H,3-16,20H2,1-2H3,(H,21,23)(H,22,24). The zero-order valence-electron chi connectivity index (χ0n) is 16.3. The Morgan fingerprint density at radius 3 is 2.04 bits per heavy atom. The smallest absolute Gasteiger partial charge is 0.407 e. The molecule has 0 saturated heterocycles. The van der Waals surface area contributed by atoms with E-state index in [1.54, 1.807) is 0 Å². The molecule has 0 fully saturated rings. The van der Waals surface area contributed by atoms with Gasteiger partial charge in [0.2, 0.25) is 5.91 Å². The minimum absolute atomic E-state index is 0.0628. The topological polar surface area (TPSA) is 93.4 Å². The van der Waals surface area contributed by atoms with Crippen LogP contribution in [0.25, 0.3) is 0 Å². The molecule has 6 heteroatoms. The number of rotatable bonds is 16. The van der Waals surface area contributed by atoms with Gasteiger partial charge in [-0.05, 0) is 12.8 Å². The third kappa shape index (κ3) is 14.7. The molecule has 4 N–H and O–H groups in total. The van der Waals surface area contributed by atoms with Crippen LogP contribution in [0.5, 0.6) is 0 Å². The largest absolute Gasteiger partial charge is 0.450 e. The number of hydrogen-bond donors (Lipinski definition) is 3. The van der Waals surface area contributed by atoms with Crippen molar-refractivity contribution in [2.45, 2.75) is 90.5 Å². The van der Waals surface area contributed by atoms with E-state index in [1.807, 2.05) is 0 Å². The molecule has 0 radical (unpaired) electrons. The lowest BCUT2D eigenvalue weighted by atomic mass is 10.1. The van der Waals surface area contributed by atoms with E-state index in [0.29, 0.717) is 13.2 Å². The summed E-state index contributed by atoms with van der Waals surface area (Å²) in [4.78, 5) is 23.7. The first kappa shape index (κ1) is 23.7. The van der Waals surface area contributed by atoms with Crippen LogP contribution in [0.4, 0.5) is 4.79 Å². The van der Waals surface area contributed by atoms with E-state index in [9.17, 15) is 9.59 Å². The maximum absolute atomic E-state index is 12.0. The highest BCUT2D eigenvalue weighted by Crippen LogP contribution is 2.06. The van der Waals surface area contributed by atoms with Crippen molar-refractivity contribution >= 4 is 12.0 Å². The number of ether oxygens (including phenoxy) is 1. The predicted molar refractivity (Wildman–Crippen MR) is 102 cm³/mol. The molecule has 1 atom stereocenters.